The number of rotatable bonds is 6. The van der Waals surface area contributed by atoms with E-state index >= 15 is 0 Å². The molecular formula is C20H20ClN3O4. The van der Waals surface area contributed by atoms with Crippen LogP contribution in [0.2, 0.25) is 5.02 Å². The van der Waals surface area contributed by atoms with Gasteiger partial charge in [-0.1, -0.05) is 29.8 Å². The summed E-state index contributed by atoms with van der Waals surface area (Å²) in [6.07, 6.45) is 0.116. The standard InChI is InChI=1S/C20H20ClN3O4/c1-28-17-8-7-14(21)10-16(17)23-18(25)11-22-20(27)13-9-19(26)24(12-13)15-5-3-2-4-6-15/h2-8,10,13H,9,11-12H2,1H3,(H,22,27)(H,23,25). The minimum Gasteiger partial charge on any atom is -0.495 e. The second-order valence-corrected chi connectivity index (χ2v) is 6.79. The largest absolute Gasteiger partial charge is 0.495 e. The summed E-state index contributed by atoms with van der Waals surface area (Å²) in [6.45, 7) is 0.0724. The van der Waals surface area contributed by atoms with Gasteiger partial charge in [-0.15, -0.1) is 0 Å². The number of methoxy groups -OCH3 is 1. The highest BCUT2D eigenvalue weighted by atomic mass is 35.5. The molecule has 146 valence electrons. The summed E-state index contributed by atoms with van der Waals surface area (Å²) >= 11 is 5.94. The van der Waals surface area contributed by atoms with Gasteiger partial charge >= 0.3 is 0 Å². The first kappa shape index (κ1) is 19.7. The maximum Gasteiger partial charge on any atom is 0.243 e. The second kappa shape index (κ2) is 8.75. The van der Waals surface area contributed by atoms with Crippen LogP contribution in [-0.4, -0.2) is 37.9 Å². The molecule has 2 aromatic rings. The number of halogens is 1. The lowest BCUT2D eigenvalue weighted by Gasteiger charge is -2.16. The van der Waals surface area contributed by atoms with Gasteiger partial charge in [0.2, 0.25) is 17.7 Å². The van der Waals surface area contributed by atoms with Crippen LogP contribution in [0.1, 0.15) is 6.42 Å². The Hall–Kier alpha value is -3.06. The summed E-state index contributed by atoms with van der Waals surface area (Å²) in [5.74, 6) is -0.900. The lowest BCUT2D eigenvalue weighted by Crippen LogP contribution is -2.38. The Morgan fingerprint density at radius 3 is 2.68 bits per heavy atom. The first-order valence-electron chi connectivity index (χ1n) is 8.74. The zero-order valence-corrected chi connectivity index (χ0v) is 16.0. The van der Waals surface area contributed by atoms with Crippen LogP contribution in [0.3, 0.4) is 0 Å². The van der Waals surface area contributed by atoms with Crippen molar-refractivity contribution in [2.24, 2.45) is 5.92 Å². The third-order valence-electron chi connectivity index (χ3n) is 4.42. The smallest absolute Gasteiger partial charge is 0.243 e. The normalized spacial score (nSPS) is 16.0. The van der Waals surface area contributed by atoms with Gasteiger partial charge in [0.1, 0.15) is 5.75 Å². The van der Waals surface area contributed by atoms with E-state index in [2.05, 4.69) is 10.6 Å². The fraction of sp³-hybridized carbons (Fsp3) is 0.250. The van der Waals surface area contributed by atoms with E-state index < -0.39 is 11.8 Å². The van der Waals surface area contributed by atoms with Crippen LogP contribution < -0.4 is 20.3 Å². The monoisotopic (exact) mass is 401 g/mol. The SMILES string of the molecule is COc1ccc(Cl)cc1NC(=O)CNC(=O)C1CC(=O)N(c2ccccc2)C1. The van der Waals surface area contributed by atoms with E-state index in [0.717, 1.165) is 5.69 Å². The summed E-state index contributed by atoms with van der Waals surface area (Å²) in [7, 11) is 1.48. The molecule has 1 atom stereocenters. The van der Waals surface area contributed by atoms with Crippen molar-refractivity contribution in [1.29, 1.82) is 0 Å². The Balaban J connectivity index is 1.54. The van der Waals surface area contributed by atoms with Crippen LogP contribution in [0.25, 0.3) is 0 Å². The summed E-state index contributed by atoms with van der Waals surface area (Å²) in [5, 5.41) is 5.69. The second-order valence-electron chi connectivity index (χ2n) is 6.35. The molecular weight excluding hydrogens is 382 g/mol. The Morgan fingerprint density at radius 1 is 1.21 bits per heavy atom. The molecule has 7 nitrogen and oxygen atoms in total. The highest BCUT2D eigenvalue weighted by Crippen LogP contribution is 2.27. The number of ether oxygens (including phenoxy) is 1. The first-order chi connectivity index (χ1) is 13.5. The number of nitrogens with zero attached hydrogens (tertiary/aromatic N) is 1. The van der Waals surface area contributed by atoms with Crippen molar-refractivity contribution >= 4 is 40.7 Å². The summed E-state index contributed by atoms with van der Waals surface area (Å²) in [6, 6.07) is 14.0. The Labute approximate surface area is 167 Å². The van der Waals surface area contributed by atoms with Gasteiger partial charge in [-0.2, -0.15) is 0 Å². The minimum absolute atomic E-state index is 0.112. The predicted molar refractivity (Wildman–Crippen MR) is 107 cm³/mol. The fourth-order valence-corrected chi connectivity index (χ4v) is 3.20. The topological polar surface area (TPSA) is 87.7 Å². The van der Waals surface area contributed by atoms with Gasteiger partial charge in [0.05, 0.1) is 25.3 Å². The fourth-order valence-electron chi connectivity index (χ4n) is 3.02. The van der Waals surface area contributed by atoms with Gasteiger partial charge in [-0.3, -0.25) is 14.4 Å². The van der Waals surface area contributed by atoms with E-state index in [1.807, 2.05) is 30.3 Å². The molecule has 1 heterocycles. The molecule has 2 aromatic carbocycles. The number of carbonyl (C=O) groups excluding carboxylic acids is 3. The van der Waals surface area contributed by atoms with E-state index in [4.69, 9.17) is 16.3 Å². The van der Waals surface area contributed by atoms with Crippen molar-refractivity contribution in [3.05, 3.63) is 53.6 Å². The van der Waals surface area contributed by atoms with E-state index in [1.54, 1.807) is 23.1 Å². The summed E-state index contributed by atoms with van der Waals surface area (Å²) in [5.41, 5.74) is 1.18. The van der Waals surface area contributed by atoms with Gasteiger partial charge in [0, 0.05) is 23.7 Å². The number of nitrogens with one attached hydrogen (secondary N) is 2. The molecule has 0 spiro atoms. The molecule has 1 aliphatic heterocycles. The quantitative estimate of drug-likeness (QED) is 0.778. The van der Waals surface area contributed by atoms with E-state index in [0.29, 0.717) is 23.0 Å². The predicted octanol–water partition coefficient (Wildman–Crippen LogP) is 2.46. The molecule has 1 saturated heterocycles. The maximum absolute atomic E-state index is 12.4. The Kier molecular flexibility index (Phi) is 6.16. The Morgan fingerprint density at radius 2 is 1.96 bits per heavy atom. The number of benzene rings is 2. The van der Waals surface area contributed by atoms with Crippen molar-refractivity contribution in [2.45, 2.75) is 6.42 Å². The molecule has 2 N–H and O–H groups in total. The number of para-hydroxylation sites is 1. The van der Waals surface area contributed by atoms with Crippen molar-refractivity contribution in [3.63, 3.8) is 0 Å². The van der Waals surface area contributed by atoms with Crippen LogP contribution in [0.4, 0.5) is 11.4 Å². The molecule has 0 radical (unpaired) electrons. The highest BCUT2D eigenvalue weighted by molar-refractivity contribution is 6.31. The van der Waals surface area contributed by atoms with Crippen molar-refractivity contribution in [2.75, 3.05) is 30.4 Å². The molecule has 1 fully saturated rings. The van der Waals surface area contributed by atoms with Gasteiger partial charge in [0.25, 0.3) is 0 Å². The number of hydrogen-bond acceptors (Lipinski definition) is 4. The zero-order chi connectivity index (χ0) is 20.1. The summed E-state index contributed by atoms with van der Waals surface area (Å²) < 4.78 is 5.17. The number of anilines is 2. The van der Waals surface area contributed by atoms with E-state index in [-0.39, 0.29) is 24.8 Å². The van der Waals surface area contributed by atoms with Crippen LogP contribution in [-0.2, 0) is 14.4 Å². The highest BCUT2D eigenvalue weighted by Gasteiger charge is 2.35. The molecule has 3 amide bonds. The summed E-state index contributed by atoms with van der Waals surface area (Å²) in [4.78, 5) is 38.3. The molecule has 28 heavy (non-hydrogen) atoms. The van der Waals surface area contributed by atoms with Gasteiger partial charge in [0.15, 0.2) is 0 Å². The van der Waals surface area contributed by atoms with Gasteiger partial charge in [-0.25, -0.2) is 0 Å². The van der Waals surface area contributed by atoms with Gasteiger partial charge in [-0.05, 0) is 30.3 Å². The van der Waals surface area contributed by atoms with E-state index in [9.17, 15) is 14.4 Å². The molecule has 0 aliphatic carbocycles. The average Bonchev–Trinajstić information content (AvgIpc) is 3.09. The lowest BCUT2D eigenvalue weighted by molar-refractivity contribution is -0.127. The molecule has 3 rings (SSSR count). The molecule has 8 heteroatoms. The van der Waals surface area contributed by atoms with Crippen molar-refractivity contribution in [1.82, 2.24) is 5.32 Å². The number of carbonyl (C=O) groups is 3. The average molecular weight is 402 g/mol. The van der Waals surface area contributed by atoms with E-state index in [1.165, 1.54) is 7.11 Å². The van der Waals surface area contributed by atoms with Crippen molar-refractivity contribution in [3.8, 4) is 5.75 Å². The molecule has 0 aromatic heterocycles. The Bertz CT molecular complexity index is 888. The molecule has 1 unspecified atom stereocenters. The van der Waals surface area contributed by atoms with Gasteiger partial charge < -0.3 is 20.3 Å². The van der Waals surface area contributed by atoms with Crippen LogP contribution in [0.5, 0.6) is 5.75 Å². The maximum atomic E-state index is 12.4. The van der Waals surface area contributed by atoms with Crippen molar-refractivity contribution < 1.29 is 19.1 Å². The van der Waals surface area contributed by atoms with Crippen LogP contribution >= 0.6 is 11.6 Å². The van der Waals surface area contributed by atoms with Crippen LogP contribution in [0, 0.1) is 5.92 Å². The number of amides is 3. The third-order valence-corrected chi connectivity index (χ3v) is 4.66. The lowest BCUT2D eigenvalue weighted by atomic mass is 10.1. The minimum atomic E-state index is -0.499. The number of hydrogen-bond donors (Lipinski definition) is 2. The first-order valence-corrected chi connectivity index (χ1v) is 9.12. The molecule has 0 bridgehead atoms. The third kappa shape index (κ3) is 4.61. The molecule has 0 saturated carbocycles. The molecule has 1 aliphatic rings. The van der Waals surface area contributed by atoms with Crippen LogP contribution in [0.15, 0.2) is 48.5 Å². The zero-order valence-electron chi connectivity index (χ0n) is 15.3.